The van der Waals surface area contributed by atoms with Gasteiger partial charge < -0.3 is 4.52 Å². The molecule has 0 saturated heterocycles. The fourth-order valence-corrected chi connectivity index (χ4v) is 0.739. The van der Waals surface area contributed by atoms with E-state index in [-0.39, 0.29) is 5.41 Å². The monoisotopic (exact) mass is 151 g/mol. The summed E-state index contributed by atoms with van der Waals surface area (Å²) in [5.74, 6) is 0.896. The first-order valence-electron chi connectivity index (χ1n) is 3.63. The summed E-state index contributed by atoms with van der Waals surface area (Å²) < 4.78 is 5.10. The summed E-state index contributed by atoms with van der Waals surface area (Å²) in [4.78, 5) is 0. The first kappa shape index (κ1) is 8.05. The quantitative estimate of drug-likeness (QED) is 0.616. The minimum absolute atomic E-state index is 0.0360. The molecule has 0 aromatic carbocycles. The van der Waals surface area contributed by atoms with Gasteiger partial charge in [0, 0.05) is 11.5 Å². The van der Waals surface area contributed by atoms with Crippen LogP contribution >= 0.6 is 0 Å². The van der Waals surface area contributed by atoms with E-state index in [0.717, 1.165) is 11.5 Å². The lowest BCUT2D eigenvalue weighted by Gasteiger charge is -2.11. The van der Waals surface area contributed by atoms with E-state index >= 15 is 0 Å². The minimum Gasteiger partial charge on any atom is -0.360 e. The van der Waals surface area contributed by atoms with E-state index in [1.165, 1.54) is 0 Å². The molecular weight excluding hydrogens is 138 g/mol. The second kappa shape index (κ2) is 2.53. The van der Waals surface area contributed by atoms with Crippen LogP contribution in [0.5, 0.6) is 0 Å². The van der Waals surface area contributed by atoms with Crippen LogP contribution in [0.25, 0.3) is 6.08 Å². The Morgan fingerprint density at radius 3 is 2.45 bits per heavy atom. The van der Waals surface area contributed by atoms with Crippen molar-refractivity contribution >= 4 is 6.08 Å². The van der Waals surface area contributed by atoms with E-state index in [9.17, 15) is 0 Å². The topological polar surface area (TPSA) is 26.0 Å². The normalized spacial score (nSPS) is 11.5. The van der Waals surface area contributed by atoms with Crippen LogP contribution in [0.2, 0.25) is 0 Å². The lowest BCUT2D eigenvalue weighted by molar-refractivity contribution is 0.328. The molecule has 1 aromatic heterocycles. The molecular formula is C9H13NO. The summed E-state index contributed by atoms with van der Waals surface area (Å²) in [5, 5.41) is 3.81. The van der Waals surface area contributed by atoms with Crippen LogP contribution in [0.4, 0.5) is 0 Å². The highest BCUT2D eigenvalue weighted by Gasteiger charge is 2.18. The van der Waals surface area contributed by atoms with Crippen LogP contribution in [0.15, 0.2) is 17.2 Å². The molecule has 0 amide bonds. The Hall–Kier alpha value is -1.05. The number of hydrogen-bond acceptors (Lipinski definition) is 2. The predicted octanol–water partition coefficient (Wildman–Crippen LogP) is 2.62. The molecule has 0 spiro atoms. The molecule has 1 heterocycles. The highest BCUT2D eigenvalue weighted by molar-refractivity contribution is 5.41. The van der Waals surface area contributed by atoms with Gasteiger partial charge in [-0.05, 0) is 6.08 Å². The van der Waals surface area contributed by atoms with Crippen molar-refractivity contribution in [3.8, 4) is 0 Å². The average molecular weight is 151 g/mol. The molecule has 0 aliphatic rings. The van der Waals surface area contributed by atoms with Crippen LogP contribution in [-0.4, -0.2) is 5.16 Å². The fourth-order valence-electron chi connectivity index (χ4n) is 0.739. The van der Waals surface area contributed by atoms with Crippen LogP contribution in [0, 0.1) is 0 Å². The number of rotatable bonds is 1. The summed E-state index contributed by atoms with van der Waals surface area (Å²) in [6.07, 6.45) is 1.68. The molecule has 0 radical (unpaired) electrons. The van der Waals surface area contributed by atoms with Crippen molar-refractivity contribution in [2.45, 2.75) is 26.2 Å². The smallest absolute Gasteiger partial charge is 0.142 e. The van der Waals surface area contributed by atoms with E-state index in [1.54, 1.807) is 6.08 Å². The van der Waals surface area contributed by atoms with Crippen LogP contribution < -0.4 is 0 Å². The zero-order valence-electron chi connectivity index (χ0n) is 7.22. The standard InChI is InChI=1S/C9H13NO/c1-5-7-6-8(11-10-7)9(2,3)4/h5-6H,1H2,2-4H3. The maximum absolute atomic E-state index is 5.10. The fraction of sp³-hybridized carbons (Fsp3) is 0.444. The molecule has 0 unspecified atom stereocenters. The van der Waals surface area contributed by atoms with Gasteiger partial charge in [0.05, 0.1) is 0 Å². The van der Waals surface area contributed by atoms with Crippen molar-refractivity contribution in [1.82, 2.24) is 5.16 Å². The highest BCUT2D eigenvalue weighted by Crippen LogP contribution is 2.22. The lowest BCUT2D eigenvalue weighted by Crippen LogP contribution is -2.09. The molecule has 1 aromatic rings. The van der Waals surface area contributed by atoms with Crippen LogP contribution in [0.3, 0.4) is 0 Å². The molecule has 0 aliphatic carbocycles. The molecule has 0 saturated carbocycles. The van der Waals surface area contributed by atoms with Gasteiger partial charge in [0.2, 0.25) is 0 Å². The summed E-state index contributed by atoms with van der Waals surface area (Å²) in [5.41, 5.74) is 0.837. The van der Waals surface area contributed by atoms with Crippen molar-refractivity contribution in [2.75, 3.05) is 0 Å². The van der Waals surface area contributed by atoms with Crippen molar-refractivity contribution in [3.63, 3.8) is 0 Å². The molecule has 2 nitrogen and oxygen atoms in total. The molecule has 0 fully saturated rings. The first-order valence-corrected chi connectivity index (χ1v) is 3.63. The highest BCUT2D eigenvalue weighted by atomic mass is 16.5. The Labute approximate surface area is 66.9 Å². The average Bonchev–Trinajstić information content (AvgIpc) is 2.32. The van der Waals surface area contributed by atoms with Gasteiger partial charge >= 0.3 is 0 Å². The van der Waals surface area contributed by atoms with Gasteiger partial charge in [-0.15, -0.1) is 0 Å². The Balaban J connectivity index is 2.98. The molecule has 0 N–H and O–H groups in total. The molecule has 0 atom stereocenters. The maximum Gasteiger partial charge on any atom is 0.142 e. The molecule has 0 aliphatic heterocycles. The van der Waals surface area contributed by atoms with E-state index in [0.29, 0.717) is 0 Å². The SMILES string of the molecule is C=Cc1cc(C(C)(C)C)on1. The zero-order chi connectivity index (χ0) is 8.48. The summed E-state index contributed by atoms with van der Waals surface area (Å²) in [6, 6.07) is 1.91. The second-order valence-corrected chi connectivity index (χ2v) is 3.57. The lowest BCUT2D eigenvalue weighted by atomic mass is 9.93. The van der Waals surface area contributed by atoms with Gasteiger partial charge in [-0.1, -0.05) is 32.5 Å². The van der Waals surface area contributed by atoms with E-state index < -0.39 is 0 Å². The van der Waals surface area contributed by atoms with Crippen molar-refractivity contribution < 1.29 is 4.52 Å². The van der Waals surface area contributed by atoms with Crippen LogP contribution in [-0.2, 0) is 5.41 Å². The van der Waals surface area contributed by atoms with E-state index in [2.05, 4.69) is 32.5 Å². The molecule has 11 heavy (non-hydrogen) atoms. The van der Waals surface area contributed by atoms with E-state index in [4.69, 9.17) is 4.52 Å². The Morgan fingerprint density at radius 2 is 2.18 bits per heavy atom. The van der Waals surface area contributed by atoms with Crippen molar-refractivity contribution in [3.05, 3.63) is 24.1 Å². The molecule has 0 bridgehead atoms. The van der Waals surface area contributed by atoms with E-state index in [1.807, 2.05) is 6.07 Å². The van der Waals surface area contributed by atoms with Gasteiger partial charge in [0.25, 0.3) is 0 Å². The number of nitrogens with zero attached hydrogens (tertiary/aromatic N) is 1. The summed E-state index contributed by atoms with van der Waals surface area (Å²) in [7, 11) is 0. The van der Waals surface area contributed by atoms with Gasteiger partial charge in [-0.3, -0.25) is 0 Å². The van der Waals surface area contributed by atoms with Crippen molar-refractivity contribution in [2.24, 2.45) is 0 Å². The Morgan fingerprint density at radius 1 is 1.55 bits per heavy atom. The maximum atomic E-state index is 5.10. The molecule has 2 heteroatoms. The third-order valence-electron chi connectivity index (χ3n) is 1.48. The van der Waals surface area contributed by atoms with Gasteiger partial charge in [-0.25, -0.2) is 0 Å². The van der Waals surface area contributed by atoms with Gasteiger partial charge in [0.15, 0.2) is 0 Å². The second-order valence-electron chi connectivity index (χ2n) is 3.57. The van der Waals surface area contributed by atoms with Crippen LogP contribution in [0.1, 0.15) is 32.2 Å². The van der Waals surface area contributed by atoms with Gasteiger partial charge in [0.1, 0.15) is 11.5 Å². The first-order chi connectivity index (χ1) is 5.04. The molecule has 60 valence electrons. The predicted molar refractivity (Wildman–Crippen MR) is 45.3 cm³/mol. The summed E-state index contributed by atoms with van der Waals surface area (Å²) >= 11 is 0. The number of aromatic nitrogens is 1. The Kier molecular flexibility index (Phi) is 1.85. The number of hydrogen-bond donors (Lipinski definition) is 0. The molecule has 1 rings (SSSR count). The summed E-state index contributed by atoms with van der Waals surface area (Å²) in [6.45, 7) is 9.85. The van der Waals surface area contributed by atoms with Crippen molar-refractivity contribution in [1.29, 1.82) is 0 Å². The minimum atomic E-state index is 0.0360. The Bertz CT molecular complexity index is 255. The third-order valence-corrected chi connectivity index (χ3v) is 1.48. The largest absolute Gasteiger partial charge is 0.360 e. The van der Waals surface area contributed by atoms with Gasteiger partial charge in [-0.2, -0.15) is 0 Å². The zero-order valence-corrected chi connectivity index (χ0v) is 7.22. The third kappa shape index (κ3) is 1.70.